The molecule has 0 saturated heterocycles. The van der Waals surface area contributed by atoms with Gasteiger partial charge in [0.1, 0.15) is 5.75 Å². The van der Waals surface area contributed by atoms with Gasteiger partial charge in [0.15, 0.2) is 0 Å². The highest BCUT2D eigenvalue weighted by Crippen LogP contribution is 2.38. The maximum absolute atomic E-state index is 9.66. The van der Waals surface area contributed by atoms with E-state index in [9.17, 15) is 10.4 Å². The van der Waals surface area contributed by atoms with Crippen molar-refractivity contribution in [1.29, 1.82) is 5.26 Å². The average Bonchev–Trinajstić information content (AvgIpc) is 2.51. The number of rotatable bonds is 6. The Bertz CT molecular complexity index is 749. The van der Waals surface area contributed by atoms with E-state index in [2.05, 4.69) is 58.9 Å². The molecule has 0 amide bonds. The summed E-state index contributed by atoms with van der Waals surface area (Å²) >= 11 is 0. The Kier molecular flexibility index (Phi) is 6.11. The van der Waals surface area contributed by atoms with Gasteiger partial charge in [0.25, 0.3) is 0 Å². The molecule has 0 heterocycles. The van der Waals surface area contributed by atoms with E-state index in [0.717, 1.165) is 30.0 Å². The summed E-state index contributed by atoms with van der Waals surface area (Å²) in [6, 6.07) is 14.5. The van der Waals surface area contributed by atoms with Crippen LogP contribution in [0.2, 0.25) is 0 Å². The lowest BCUT2D eigenvalue weighted by atomic mass is 9.76. The lowest BCUT2D eigenvalue weighted by Crippen LogP contribution is -2.16. The molecule has 2 rings (SSSR count). The fourth-order valence-corrected chi connectivity index (χ4v) is 3.70. The molecular weight excluding hydrogens is 306 g/mol. The molecule has 0 aliphatic carbocycles. The average molecular weight is 338 g/mol. The number of phenolic OH excluding ortho intramolecular Hbond substituents is 1. The van der Waals surface area contributed by atoms with Gasteiger partial charge in [-0.1, -0.05) is 58.9 Å². The number of nitriles is 1. The van der Waals surface area contributed by atoms with Crippen LogP contribution in [0.15, 0.2) is 36.4 Å². The Balaban J connectivity index is 2.34. The zero-order chi connectivity index (χ0) is 18.6. The summed E-state index contributed by atoms with van der Waals surface area (Å²) in [6.07, 6.45) is 2.93. The van der Waals surface area contributed by atoms with Gasteiger partial charge in [-0.15, -0.1) is 0 Å². The second kappa shape index (κ2) is 7.91. The molecule has 0 spiro atoms. The molecule has 0 aliphatic heterocycles. The van der Waals surface area contributed by atoms with Gasteiger partial charge in [-0.05, 0) is 65.0 Å². The van der Waals surface area contributed by atoms with Crippen LogP contribution in [0, 0.1) is 28.6 Å². The van der Waals surface area contributed by atoms with Gasteiger partial charge in [0.2, 0.25) is 0 Å². The highest BCUT2D eigenvalue weighted by atomic mass is 16.3. The van der Waals surface area contributed by atoms with Crippen LogP contribution in [0.3, 0.4) is 0 Å². The number of benzene rings is 2. The van der Waals surface area contributed by atoms with Crippen LogP contribution >= 0.6 is 0 Å². The predicted molar refractivity (Wildman–Crippen MR) is 106 cm³/mol. The molecule has 2 aromatic rings. The van der Waals surface area contributed by atoms with Crippen molar-refractivity contribution in [2.24, 2.45) is 17.3 Å². The lowest BCUT2D eigenvalue weighted by molar-refractivity contribution is 0.308. The van der Waals surface area contributed by atoms with Crippen molar-refractivity contribution in [3.63, 3.8) is 0 Å². The maximum atomic E-state index is 9.66. The van der Waals surface area contributed by atoms with Crippen LogP contribution in [0.5, 0.6) is 5.75 Å². The zero-order valence-corrected chi connectivity index (χ0v) is 16.2. The van der Waals surface area contributed by atoms with Crippen molar-refractivity contribution in [1.82, 2.24) is 0 Å². The quantitative estimate of drug-likeness (QED) is 0.642. The molecule has 0 bridgehead atoms. The van der Waals surface area contributed by atoms with Gasteiger partial charge in [0.05, 0.1) is 6.07 Å². The number of hydrogen-bond donors (Lipinski definition) is 1. The van der Waals surface area contributed by atoms with E-state index in [0.29, 0.717) is 17.6 Å². The lowest BCUT2D eigenvalue weighted by Gasteiger charge is -2.28. The third-order valence-corrected chi connectivity index (χ3v) is 4.69. The highest BCUT2D eigenvalue weighted by molar-refractivity contribution is 5.84. The standard InChI is InChI=1S/C23H31NO/c1-16(2)10-17(15-24)11-21(14-23(3,4)5)19-6-7-20-13-22(25)9-8-18(20)12-19/h6-9,12-13,16-17,21,25H,10-11,14H2,1-5H3. The van der Waals surface area contributed by atoms with Gasteiger partial charge in [-0.2, -0.15) is 5.26 Å². The molecule has 2 aromatic carbocycles. The van der Waals surface area contributed by atoms with E-state index in [1.165, 1.54) is 5.56 Å². The Hall–Kier alpha value is -2.01. The van der Waals surface area contributed by atoms with Gasteiger partial charge < -0.3 is 5.11 Å². The van der Waals surface area contributed by atoms with E-state index in [1.54, 1.807) is 12.1 Å². The second-order valence-electron chi connectivity index (χ2n) is 8.94. The van der Waals surface area contributed by atoms with Crippen molar-refractivity contribution in [2.75, 3.05) is 0 Å². The summed E-state index contributed by atoms with van der Waals surface area (Å²) < 4.78 is 0. The number of aromatic hydroxyl groups is 1. The molecule has 1 N–H and O–H groups in total. The summed E-state index contributed by atoms with van der Waals surface area (Å²) in [4.78, 5) is 0. The van der Waals surface area contributed by atoms with Crippen LogP contribution in [0.4, 0.5) is 0 Å². The molecule has 0 saturated carbocycles. The summed E-state index contributed by atoms with van der Waals surface area (Å²) in [5.74, 6) is 1.32. The number of phenols is 1. The van der Waals surface area contributed by atoms with Crippen LogP contribution in [0.1, 0.15) is 65.4 Å². The fraction of sp³-hybridized carbons (Fsp3) is 0.522. The molecule has 25 heavy (non-hydrogen) atoms. The van der Waals surface area contributed by atoms with E-state index in [-0.39, 0.29) is 11.3 Å². The van der Waals surface area contributed by atoms with E-state index >= 15 is 0 Å². The van der Waals surface area contributed by atoms with E-state index < -0.39 is 0 Å². The molecule has 2 heteroatoms. The van der Waals surface area contributed by atoms with E-state index in [1.807, 2.05) is 6.07 Å². The van der Waals surface area contributed by atoms with Gasteiger partial charge in [-0.25, -0.2) is 0 Å². The molecule has 0 radical (unpaired) electrons. The number of nitrogens with zero attached hydrogens (tertiary/aromatic N) is 1. The molecule has 2 atom stereocenters. The van der Waals surface area contributed by atoms with Gasteiger partial charge >= 0.3 is 0 Å². The zero-order valence-electron chi connectivity index (χ0n) is 16.2. The van der Waals surface area contributed by atoms with Crippen molar-refractivity contribution >= 4 is 10.8 Å². The van der Waals surface area contributed by atoms with Gasteiger partial charge in [0, 0.05) is 5.92 Å². The van der Waals surface area contributed by atoms with Crippen LogP contribution in [0.25, 0.3) is 10.8 Å². The first kappa shape index (κ1) is 19.3. The summed E-state index contributed by atoms with van der Waals surface area (Å²) in [5, 5.41) is 21.5. The summed E-state index contributed by atoms with van der Waals surface area (Å²) in [5.41, 5.74) is 1.52. The largest absolute Gasteiger partial charge is 0.508 e. The molecule has 0 fully saturated rings. The third kappa shape index (κ3) is 5.78. The van der Waals surface area contributed by atoms with E-state index in [4.69, 9.17) is 0 Å². The molecule has 0 aromatic heterocycles. The third-order valence-electron chi connectivity index (χ3n) is 4.69. The number of hydrogen-bond acceptors (Lipinski definition) is 2. The molecule has 0 aliphatic rings. The molecular formula is C23H31NO. The van der Waals surface area contributed by atoms with Crippen molar-refractivity contribution < 1.29 is 5.11 Å². The van der Waals surface area contributed by atoms with Crippen LogP contribution in [-0.4, -0.2) is 5.11 Å². The minimum absolute atomic E-state index is 0.0999. The fourth-order valence-electron chi connectivity index (χ4n) is 3.70. The summed E-state index contributed by atoms with van der Waals surface area (Å²) in [7, 11) is 0. The van der Waals surface area contributed by atoms with Crippen molar-refractivity contribution in [2.45, 2.75) is 59.8 Å². The summed E-state index contributed by atoms with van der Waals surface area (Å²) in [6.45, 7) is 11.2. The Labute approximate surface area is 152 Å². The minimum atomic E-state index is 0.0999. The Morgan fingerprint density at radius 1 is 1.00 bits per heavy atom. The predicted octanol–water partition coefficient (Wildman–Crippen LogP) is 6.64. The second-order valence-corrected chi connectivity index (χ2v) is 8.94. The number of fused-ring (bicyclic) bond motifs is 1. The smallest absolute Gasteiger partial charge is 0.116 e. The highest BCUT2D eigenvalue weighted by Gasteiger charge is 2.24. The van der Waals surface area contributed by atoms with Crippen molar-refractivity contribution in [3.8, 4) is 11.8 Å². The minimum Gasteiger partial charge on any atom is -0.508 e. The van der Waals surface area contributed by atoms with Crippen molar-refractivity contribution in [3.05, 3.63) is 42.0 Å². The maximum Gasteiger partial charge on any atom is 0.116 e. The van der Waals surface area contributed by atoms with Crippen LogP contribution in [-0.2, 0) is 0 Å². The normalized spacial score (nSPS) is 14.4. The first-order chi connectivity index (χ1) is 11.7. The topological polar surface area (TPSA) is 44.0 Å². The molecule has 134 valence electrons. The van der Waals surface area contributed by atoms with Gasteiger partial charge in [-0.3, -0.25) is 0 Å². The Morgan fingerprint density at radius 3 is 2.24 bits per heavy atom. The monoisotopic (exact) mass is 337 g/mol. The van der Waals surface area contributed by atoms with Crippen LogP contribution < -0.4 is 0 Å². The first-order valence-corrected chi connectivity index (χ1v) is 9.30. The molecule has 2 nitrogen and oxygen atoms in total. The SMILES string of the molecule is CC(C)CC(C#N)CC(CC(C)(C)C)c1ccc2cc(O)ccc2c1. The Morgan fingerprint density at radius 2 is 1.64 bits per heavy atom. The first-order valence-electron chi connectivity index (χ1n) is 9.30. The molecule has 2 unspecified atom stereocenters.